The molecular formula is C19H26O7S. The van der Waals surface area contributed by atoms with E-state index in [1.165, 1.54) is 19.6 Å². The first-order valence-electron chi connectivity index (χ1n) is 9.07. The highest BCUT2D eigenvalue weighted by atomic mass is 32.2. The van der Waals surface area contributed by atoms with Crippen LogP contribution in [0.5, 0.6) is 0 Å². The van der Waals surface area contributed by atoms with Gasteiger partial charge in [0.15, 0.2) is 12.4 Å². The van der Waals surface area contributed by atoms with Gasteiger partial charge < -0.3 is 14.2 Å². The molecule has 2 fully saturated rings. The van der Waals surface area contributed by atoms with E-state index in [2.05, 4.69) is 12.1 Å². The van der Waals surface area contributed by atoms with Gasteiger partial charge in [-0.1, -0.05) is 30.3 Å². The number of rotatable bonds is 5. The first-order chi connectivity index (χ1) is 12.8. The molecule has 0 spiro atoms. The third-order valence-electron chi connectivity index (χ3n) is 5.25. The third kappa shape index (κ3) is 4.87. The van der Waals surface area contributed by atoms with Gasteiger partial charge in [0, 0.05) is 20.0 Å². The van der Waals surface area contributed by atoms with Crippen molar-refractivity contribution in [3.8, 4) is 0 Å². The average molecular weight is 398 g/mol. The van der Waals surface area contributed by atoms with E-state index < -0.39 is 34.6 Å². The van der Waals surface area contributed by atoms with Crippen molar-refractivity contribution >= 4 is 16.1 Å². The standard InChI is InChI=1S/C19H26O7S/c1-12(20)24-17-15-11-14(13-7-5-4-6-8-13)9-10-16(15)25-19(23-2)18(17)26-27(3,21)22/h4-8,14-19H,9-11H2,1-3H3. The second-order valence-electron chi connectivity index (χ2n) is 7.20. The zero-order valence-corrected chi connectivity index (χ0v) is 16.6. The van der Waals surface area contributed by atoms with E-state index in [0.29, 0.717) is 6.42 Å². The van der Waals surface area contributed by atoms with Gasteiger partial charge in [0.2, 0.25) is 0 Å². The molecule has 0 radical (unpaired) electrons. The summed E-state index contributed by atoms with van der Waals surface area (Å²) in [6.07, 6.45) is 0.491. The number of carbonyl (C=O) groups excluding carboxylic acids is 1. The number of hydrogen-bond acceptors (Lipinski definition) is 7. The Labute approximate surface area is 160 Å². The Morgan fingerprint density at radius 2 is 1.85 bits per heavy atom. The maximum Gasteiger partial charge on any atom is 0.303 e. The van der Waals surface area contributed by atoms with Gasteiger partial charge in [0.05, 0.1) is 12.4 Å². The smallest absolute Gasteiger partial charge is 0.303 e. The summed E-state index contributed by atoms with van der Waals surface area (Å²) in [6.45, 7) is 1.31. The van der Waals surface area contributed by atoms with Gasteiger partial charge in [-0.2, -0.15) is 8.42 Å². The van der Waals surface area contributed by atoms with Gasteiger partial charge >= 0.3 is 5.97 Å². The summed E-state index contributed by atoms with van der Waals surface area (Å²) in [5.41, 5.74) is 1.21. The van der Waals surface area contributed by atoms with E-state index in [-0.39, 0.29) is 17.9 Å². The predicted molar refractivity (Wildman–Crippen MR) is 97.5 cm³/mol. The molecule has 27 heavy (non-hydrogen) atoms. The zero-order chi connectivity index (χ0) is 19.6. The first-order valence-corrected chi connectivity index (χ1v) is 10.9. The van der Waals surface area contributed by atoms with Crippen LogP contribution >= 0.6 is 0 Å². The van der Waals surface area contributed by atoms with Crippen LogP contribution in [0.2, 0.25) is 0 Å². The Morgan fingerprint density at radius 3 is 2.44 bits per heavy atom. The van der Waals surface area contributed by atoms with Gasteiger partial charge in [0.1, 0.15) is 6.10 Å². The molecule has 7 nitrogen and oxygen atoms in total. The van der Waals surface area contributed by atoms with E-state index in [1.807, 2.05) is 18.2 Å². The molecular weight excluding hydrogens is 372 g/mol. The molecule has 1 aliphatic carbocycles. The second-order valence-corrected chi connectivity index (χ2v) is 8.80. The molecule has 0 amide bonds. The molecule has 1 aromatic carbocycles. The maximum absolute atomic E-state index is 11.8. The second kappa shape index (κ2) is 8.26. The molecule has 1 heterocycles. The van der Waals surface area contributed by atoms with Gasteiger partial charge in [-0.05, 0) is 30.7 Å². The van der Waals surface area contributed by atoms with Gasteiger partial charge in [-0.3, -0.25) is 8.98 Å². The van der Waals surface area contributed by atoms with Crippen LogP contribution in [0.3, 0.4) is 0 Å². The first kappa shape index (κ1) is 20.3. The molecule has 8 heteroatoms. The lowest BCUT2D eigenvalue weighted by atomic mass is 9.72. The maximum atomic E-state index is 11.8. The summed E-state index contributed by atoms with van der Waals surface area (Å²) in [7, 11) is -2.37. The van der Waals surface area contributed by atoms with Crippen molar-refractivity contribution in [3.63, 3.8) is 0 Å². The molecule has 150 valence electrons. The van der Waals surface area contributed by atoms with Crippen LogP contribution in [-0.2, 0) is 33.3 Å². The quantitative estimate of drug-likeness (QED) is 0.555. The van der Waals surface area contributed by atoms with Crippen LogP contribution in [0.1, 0.15) is 37.7 Å². The van der Waals surface area contributed by atoms with E-state index in [0.717, 1.165) is 19.1 Å². The molecule has 1 saturated heterocycles. The number of esters is 1. The predicted octanol–water partition coefficient (Wildman–Crippen LogP) is 2.22. The number of fused-ring (bicyclic) bond motifs is 1. The Bertz CT molecular complexity index is 749. The average Bonchev–Trinajstić information content (AvgIpc) is 2.62. The molecule has 6 unspecified atom stereocenters. The minimum Gasteiger partial charge on any atom is -0.459 e. The van der Waals surface area contributed by atoms with Crippen molar-refractivity contribution in [2.45, 2.75) is 56.7 Å². The Morgan fingerprint density at radius 1 is 1.15 bits per heavy atom. The van der Waals surface area contributed by atoms with Crippen molar-refractivity contribution in [3.05, 3.63) is 35.9 Å². The zero-order valence-electron chi connectivity index (χ0n) is 15.7. The number of ether oxygens (including phenoxy) is 3. The van der Waals surface area contributed by atoms with Gasteiger partial charge in [-0.15, -0.1) is 0 Å². The highest BCUT2D eigenvalue weighted by molar-refractivity contribution is 7.86. The number of benzene rings is 1. The van der Waals surface area contributed by atoms with Crippen molar-refractivity contribution in [2.24, 2.45) is 5.92 Å². The normalized spacial score (nSPS) is 33.9. The third-order valence-corrected chi connectivity index (χ3v) is 5.82. The van der Waals surface area contributed by atoms with Crippen LogP contribution in [0.15, 0.2) is 30.3 Å². The van der Waals surface area contributed by atoms with Gasteiger partial charge in [0.25, 0.3) is 10.1 Å². The van der Waals surface area contributed by atoms with E-state index in [9.17, 15) is 13.2 Å². The molecule has 3 rings (SSSR count). The molecule has 1 aromatic rings. The van der Waals surface area contributed by atoms with E-state index in [1.54, 1.807) is 0 Å². The number of carbonyl (C=O) groups is 1. The van der Waals surface area contributed by atoms with Crippen LogP contribution in [0.25, 0.3) is 0 Å². The topological polar surface area (TPSA) is 88.1 Å². The Kier molecular flexibility index (Phi) is 6.20. The van der Waals surface area contributed by atoms with Crippen molar-refractivity contribution < 1.29 is 31.6 Å². The molecule has 0 bridgehead atoms. The SMILES string of the molecule is COC1OC2CCC(c3ccccc3)CC2C(OC(C)=O)C1OS(C)(=O)=O. The van der Waals surface area contributed by atoms with E-state index >= 15 is 0 Å². The summed E-state index contributed by atoms with van der Waals surface area (Å²) in [6, 6.07) is 10.1. The van der Waals surface area contributed by atoms with E-state index in [4.69, 9.17) is 18.4 Å². The lowest BCUT2D eigenvalue weighted by Gasteiger charge is -2.48. The fourth-order valence-corrected chi connectivity index (χ4v) is 4.81. The van der Waals surface area contributed by atoms with Crippen LogP contribution in [0, 0.1) is 5.92 Å². The summed E-state index contributed by atoms with van der Waals surface area (Å²) in [5, 5.41) is 0. The fourth-order valence-electron chi connectivity index (χ4n) is 4.21. The fraction of sp³-hybridized carbons (Fsp3) is 0.632. The monoisotopic (exact) mass is 398 g/mol. The largest absolute Gasteiger partial charge is 0.459 e. The summed E-state index contributed by atoms with van der Waals surface area (Å²) in [5.74, 6) is -0.377. The summed E-state index contributed by atoms with van der Waals surface area (Å²) >= 11 is 0. The van der Waals surface area contributed by atoms with Crippen molar-refractivity contribution in [2.75, 3.05) is 13.4 Å². The van der Waals surface area contributed by atoms with Crippen LogP contribution in [-0.4, -0.2) is 52.4 Å². The lowest BCUT2D eigenvalue weighted by molar-refractivity contribution is -0.280. The Hall–Kier alpha value is -1.48. The van der Waals surface area contributed by atoms with Gasteiger partial charge in [-0.25, -0.2) is 0 Å². The highest BCUT2D eigenvalue weighted by Gasteiger charge is 2.52. The lowest BCUT2D eigenvalue weighted by Crippen LogP contribution is -2.59. The van der Waals surface area contributed by atoms with Crippen LogP contribution < -0.4 is 0 Å². The Balaban J connectivity index is 1.89. The molecule has 0 N–H and O–H groups in total. The molecule has 1 aliphatic heterocycles. The molecule has 0 aromatic heterocycles. The summed E-state index contributed by atoms with van der Waals surface area (Å²) < 4.78 is 45.6. The minimum absolute atomic E-state index is 0.175. The van der Waals surface area contributed by atoms with Crippen molar-refractivity contribution in [1.29, 1.82) is 0 Å². The molecule has 6 atom stereocenters. The number of methoxy groups -OCH3 is 1. The van der Waals surface area contributed by atoms with Crippen LogP contribution in [0.4, 0.5) is 0 Å². The summed E-state index contributed by atoms with van der Waals surface area (Å²) in [4.78, 5) is 11.7. The highest BCUT2D eigenvalue weighted by Crippen LogP contribution is 2.44. The number of hydrogen-bond donors (Lipinski definition) is 0. The molecule has 2 aliphatic rings. The molecule has 1 saturated carbocycles. The minimum atomic E-state index is -3.79. The van der Waals surface area contributed by atoms with Crippen molar-refractivity contribution in [1.82, 2.24) is 0 Å².